The van der Waals surface area contributed by atoms with Crippen LogP contribution in [0.1, 0.15) is 41.7 Å². The maximum Gasteiger partial charge on any atom is 0.221 e. The van der Waals surface area contributed by atoms with Crippen LogP contribution in [0.25, 0.3) is 10.9 Å². The number of aromatic nitrogens is 1. The van der Waals surface area contributed by atoms with Gasteiger partial charge in [0.2, 0.25) is 5.91 Å². The maximum atomic E-state index is 13.0. The van der Waals surface area contributed by atoms with E-state index in [0.717, 1.165) is 34.2 Å². The zero-order valence-corrected chi connectivity index (χ0v) is 18.6. The summed E-state index contributed by atoms with van der Waals surface area (Å²) in [5.74, 6) is 1.85. The molecule has 0 fully saturated rings. The third-order valence-corrected chi connectivity index (χ3v) is 5.80. The SMILES string of the molecule is CCc1cccc2c(C(CC(=O)NCc3ccco3)c3cc(OC)cc(OC)c3)c[nH]c12. The minimum absolute atomic E-state index is 0.0609. The second-order valence-corrected chi connectivity index (χ2v) is 7.70. The molecule has 2 heterocycles. The van der Waals surface area contributed by atoms with Gasteiger partial charge in [0, 0.05) is 35.5 Å². The van der Waals surface area contributed by atoms with E-state index in [1.807, 2.05) is 36.5 Å². The molecule has 32 heavy (non-hydrogen) atoms. The summed E-state index contributed by atoms with van der Waals surface area (Å²) in [6.45, 7) is 2.50. The van der Waals surface area contributed by atoms with Crippen LogP contribution >= 0.6 is 0 Å². The van der Waals surface area contributed by atoms with Gasteiger partial charge in [0.15, 0.2) is 0 Å². The molecular weight excluding hydrogens is 404 g/mol. The highest BCUT2D eigenvalue weighted by molar-refractivity contribution is 5.88. The fourth-order valence-electron chi connectivity index (χ4n) is 4.12. The van der Waals surface area contributed by atoms with Crippen LogP contribution < -0.4 is 14.8 Å². The molecule has 1 unspecified atom stereocenters. The second-order valence-electron chi connectivity index (χ2n) is 7.70. The molecule has 0 bridgehead atoms. The normalized spacial score (nSPS) is 12.0. The van der Waals surface area contributed by atoms with E-state index >= 15 is 0 Å². The lowest BCUT2D eigenvalue weighted by molar-refractivity contribution is -0.121. The highest BCUT2D eigenvalue weighted by atomic mass is 16.5. The van der Waals surface area contributed by atoms with Crippen LogP contribution in [0.4, 0.5) is 0 Å². The molecule has 4 aromatic rings. The Bertz CT molecular complexity index is 1170. The van der Waals surface area contributed by atoms with Crippen LogP contribution in [0.3, 0.4) is 0 Å². The topological polar surface area (TPSA) is 76.5 Å². The number of furan rings is 1. The number of benzene rings is 2. The Labute approximate surface area is 187 Å². The van der Waals surface area contributed by atoms with Crippen molar-refractivity contribution < 1.29 is 18.7 Å². The quantitative estimate of drug-likeness (QED) is 0.382. The Morgan fingerprint density at radius 3 is 2.53 bits per heavy atom. The lowest BCUT2D eigenvalue weighted by atomic mass is 9.87. The van der Waals surface area contributed by atoms with E-state index in [-0.39, 0.29) is 18.2 Å². The average Bonchev–Trinajstić information content (AvgIpc) is 3.50. The van der Waals surface area contributed by atoms with Crippen LogP contribution in [-0.2, 0) is 17.8 Å². The van der Waals surface area contributed by atoms with Gasteiger partial charge < -0.3 is 24.2 Å². The van der Waals surface area contributed by atoms with E-state index < -0.39 is 0 Å². The second kappa shape index (κ2) is 9.64. The lowest BCUT2D eigenvalue weighted by Crippen LogP contribution is -2.24. The first kappa shape index (κ1) is 21.6. The molecule has 0 spiro atoms. The van der Waals surface area contributed by atoms with Crippen molar-refractivity contribution >= 4 is 16.8 Å². The van der Waals surface area contributed by atoms with Crippen molar-refractivity contribution in [2.45, 2.75) is 32.2 Å². The number of rotatable bonds is 9. The minimum Gasteiger partial charge on any atom is -0.497 e. The van der Waals surface area contributed by atoms with Crippen LogP contribution in [0.15, 0.2) is 65.4 Å². The Balaban J connectivity index is 1.72. The first-order valence-electron chi connectivity index (χ1n) is 10.7. The van der Waals surface area contributed by atoms with Crippen molar-refractivity contribution in [2.24, 2.45) is 0 Å². The number of hydrogen-bond donors (Lipinski definition) is 2. The van der Waals surface area contributed by atoms with Gasteiger partial charge in [-0.2, -0.15) is 0 Å². The van der Waals surface area contributed by atoms with E-state index in [1.54, 1.807) is 20.5 Å². The van der Waals surface area contributed by atoms with E-state index in [4.69, 9.17) is 13.9 Å². The fourth-order valence-corrected chi connectivity index (χ4v) is 4.12. The summed E-state index contributed by atoms with van der Waals surface area (Å²) >= 11 is 0. The first-order chi connectivity index (χ1) is 15.6. The predicted molar refractivity (Wildman–Crippen MR) is 124 cm³/mol. The van der Waals surface area contributed by atoms with Gasteiger partial charge in [-0.05, 0) is 47.4 Å². The monoisotopic (exact) mass is 432 g/mol. The largest absolute Gasteiger partial charge is 0.497 e. The number of H-pyrrole nitrogens is 1. The van der Waals surface area contributed by atoms with Crippen LogP contribution in [0.2, 0.25) is 0 Å². The van der Waals surface area contributed by atoms with Crippen molar-refractivity contribution in [1.82, 2.24) is 10.3 Å². The van der Waals surface area contributed by atoms with Gasteiger partial charge in [0.05, 0.1) is 27.0 Å². The Hall–Kier alpha value is -3.67. The van der Waals surface area contributed by atoms with Crippen LogP contribution in [0.5, 0.6) is 11.5 Å². The molecule has 0 radical (unpaired) electrons. The molecule has 2 aromatic heterocycles. The number of para-hydroxylation sites is 1. The van der Waals surface area contributed by atoms with Crippen molar-refractivity contribution in [3.8, 4) is 11.5 Å². The smallest absolute Gasteiger partial charge is 0.221 e. The zero-order chi connectivity index (χ0) is 22.5. The summed E-state index contributed by atoms with van der Waals surface area (Å²) in [5, 5.41) is 4.09. The number of hydrogen-bond acceptors (Lipinski definition) is 4. The number of nitrogens with one attached hydrogen (secondary N) is 2. The molecule has 4 rings (SSSR count). The molecule has 1 amide bonds. The predicted octanol–water partition coefficient (Wildman–Crippen LogP) is 5.18. The highest BCUT2D eigenvalue weighted by Gasteiger charge is 2.23. The molecule has 2 N–H and O–H groups in total. The van der Waals surface area contributed by atoms with E-state index in [0.29, 0.717) is 18.0 Å². The maximum absolute atomic E-state index is 13.0. The molecule has 0 aliphatic carbocycles. The van der Waals surface area contributed by atoms with Crippen molar-refractivity contribution in [2.75, 3.05) is 14.2 Å². The molecule has 6 heteroatoms. The van der Waals surface area contributed by atoms with Gasteiger partial charge in [-0.15, -0.1) is 0 Å². The van der Waals surface area contributed by atoms with Crippen molar-refractivity contribution in [3.05, 3.63) is 83.4 Å². The summed E-state index contributed by atoms with van der Waals surface area (Å²) < 4.78 is 16.3. The number of aromatic amines is 1. The zero-order valence-electron chi connectivity index (χ0n) is 18.6. The van der Waals surface area contributed by atoms with E-state index in [1.165, 1.54) is 5.56 Å². The van der Waals surface area contributed by atoms with Crippen LogP contribution in [0, 0.1) is 0 Å². The van der Waals surface area contributed by atoms with Gasteiger partial charge in [0.1, 0.15) is 17.3 Å². The van der Waals surface area contributed by atoms with Crippen molar-refractivity contribution in [3.63, 3.8) is 0 Å². The molecule has 2 aromatic carbocycles. The first-order valence-corrected chi connectivity index (χ1v) is 10.7. The Kier molecular flexibility index (Phi) is 6.50. The standard InChI is InChI=1S/C26H28N2O4/c1-4-17-7-5-9-22-24(16-28-26(17)22)23(14-25(29)27-15-19-8-6-10-32-19)18-11-20(30-2)13-21(12-18)31-3/h5-13,16,23,28H,4,14-15H2,1-3H3,(H,27,29). The third-order valence-electron chi connectivity index (χ3n) is 5.80. The van der Waals surface area contributed by atoms with Crippen molar-refractivity contribution in [1.29, 1.82) is 0 Å². The fraction of sp³-hybridized carbons (Fsp3) is 0.269. The molecule has 0 aliphatic rings. The number of amides is 1. The summed E-state index contributed by atoms with van der Waals surface area (Å²) in [4.78, 5) is 16.4. The van der Waals surface area contributed by atoms with Gasteiger partial charge in [-0.3, -0.25) is 4.79 Å². The molecule has 166 valence electrons. The molecule has 0 saturated heterocycles. The summed E-state index contributed by atoms with van der Waals surface area (Å²) in [7, 11) is 3.26. The molecule has 1 atom stereocenters. The molecule has 0 aliphatic heterocycles. The number of carbonyl (C=O) groups excluding carboxylic acids is 1. The van der Waals surface area contributed by atoms with Gasteiger partial charge in [-0.1, -0.05) is 25.1 Å². The lowest BCUT2D eigenvalue weighted by Gasteiger charge is -2.19. The third kappa shape index (κ3) is 4.49. The molecule has 0 saturated carbocycles. The van der Waals surface area contributed by atoms with Crippen LogP contribution in [-0.4, -0.2) is 25.1 Å². The number of carbonyl (C=O) groups is 1. The summed E-state index contributed by atoms with van der Waals surface area (Å²) in [6.07, 6.45) is 4.82. The number of methoxy groups -OCH3 is 2. The molecular formula is C26H28N2O4. The van der Waals surface area contributed by atoms with Gasteiger partial charge in [0.25, 0.3) is 0 Å². The van der Waals surface area contributed by atoms with Gasteiger partial charge >= 0.3 is 0 Å². The number of fused-ring (bicyclic) bond motifs is 1. The summed E-state index contributed by atoms with van der Waals surface area (Å²) in [6, 6.07) is 15.7. The molecule has 6 nitrogen and oxygen atoms in total. The van der Waals surface area contributed by atoms with E-state index in [2.05, 4.69) is 35.4 Å². The average molecular weight is 433 g/mol. The number of aryl methyl sites for hydroxylation is 1. The minimum atomic E-state index is -0.184. The van der Waals surface area contributed by atoms with E-state index in [9.17, 15) is 4.79 Å². The Morgan fingerprint density at radius 2 is 1.88 bits per heavy atom. The number of ether oxygens (including phenoxy) is 2. The van der Waals surface area contributed by atoms with Gasteiger partial charge in [-0.25, -0.2) is 0 Å². The Morgan fingerprint density at radius 1 is 1.09 bits per heavy atom. The highest BCUT2D eigenvalue weighted by Crippen LogP contribution is 2.37. The summed E-state index contributed by atoms with van der Waals surface area (Å²) in [5.41, 5.74) is 4.38.